The van der Waals surface area contributed by atoms with Gasteiger partial charge in [-0.25, -0.2) is 4.39 Å². The predicted molar refractivity (Wildman–Crippen MR) is 71.9 cm³/mol. The zero-order chi connectivity index (χ0) is 13.4. The maximum absolute atomic E-state index is 13.1. The average Bonchev–Trinajstić information content (AvgIpc) is 2.88. The fourth-order valence-electron chi connectivity index (χ4n) is 2.60. The highest BCUT2D eigenvalue weighted by atomic mass is 19.1. The third-order valence-electron chi connectivity index (χ3n) is 3.69. The molecule has 1 saturated heterocycles. The van der Waals surface area contributed by atoms with E-state index >= 15 is 0 Å². The molecule has 0 aliphatic carbocycles. The second kappa shape index (κ2) is 4.53. The zero-order valence-electron chi connectivity index (χ0n) is 10.3. The minimum absolute atomic E-state index is 0.243. The standard InChI is InChI=1S/C15H14FNO2/c16-13-3-1-11-8-14(4-2-10(11)7-13)17-6-5-12(9-17)15(18)19/h1-4,7-8,12H,5-6,9H2,(H,18,19). The van der Waals surface area contributed by atoms with Crippen LogP contribution in [0.15, 0.2) is 36.4 Å². The monoisotopic (exact) mass is 259 g/mol. The number of benzene rings is 2. The molecule has 2 aromatic carbocycles. The first-order valence-corrected chi connectivity index (χ1v) is 6.30. The molecule has 1 aliphatic heterocycles. The lowest BCUT2D eigenvalue weighted by atomic mass is 10.1. The topological polar surface area (TPSA) is 40.5 Å². The summed E-state index contributed by atoms with van der Waals surface area (Å²) < 4.78 is 13.1. The van der Waals surface area contributed by atoms with E-state index < -0.39 is 5.97 Å². The number of carbonyl (C=O) groups is 1. The summed E-state index contributed by atoms with van der Waals surface area (Å²) in [5.74, 6) is -1.26. The van der Waals surface area contributed by atoms with Gasteiger partial charge >= 0.3 is 5.97 Å². The SMILES string of the molecule is O=C(O)C1CCN(c2ccc3cc(F)ccc3c2)C1. The van der Waals surface area contributed by atoms with E-state index in [-0.39, 0.29) is 11.7 Å². The third kappa shape index (κ3) is 2.26. The summed E-state index contributed by atoms with van der Waals surface area (Å²) in [6.45, 7) is 1.30. The van der Waals surface area contributed by atoms with E-state index in [0.717, 1.165) is 23.0 Å². The average molecular weight is 259 g/mol. The summed E-state index contributed by atoms with van der Waals surface area (Å²) in [5, 5.41) is 10.8. The van der Waals surface area contributed by atoms with Crippen LogP contribution in [0.3, 0.4) is 0 Å². The quantitative estimate of drug-likeness (QED) is 0.901. The maximum Gasteiger partial charge on any atom is 0.308 e. The van der Waals surface area contributed by atoms with Gasteiger partial charge in [-0.3, -0.25) is 4.79 Å². The van der Waals surface area contributed by atoms with Crippen molar-refractivity contribution in [3.05, 3.63) is 42.2 Å². The van der Waals surface area contributed by atoms with E-state index in [1.807, 2.05) is 18.2 Å². The summed E-state index contributed by atoms with van der Waals surface area (Å²) >= 11 is 0. The van der Waals surface area contributed by atoms with Crippen LogP contribution in [0.25, 0.3) is 10.8 Å². The summed E-state index contributed by atoms with van der Waals surface area (Å²) in [7, 11) is 0. The molecule has 3 nitrogen and oxygen atoms in total. The summed E-state index contributed by atoms with van der Waals surface area (Å²) in [4.78, 5) is 13.0. The highest BCUT2D eigenvalue weighted by Gasteiger charge is 2.28. The number of hydrogen-bond donors (Lipinski definition) is 1. The largest absolute Gasteiger partial charge is 0.481 e. The number of fused-ring (bicyclic) bond motifs is 1. The van der Waals surface area contributed by atoms with Gasteiger partial charge in [-0.2, -0.15) is 0 Å². The van der Waals surface area contributed by atoms with Crippen molar-refractivity contribution < 1.29 is 14.3 Å². The Morgan fingerprint density at radius 2 is 1.95 bits per heavy atom. The van der Waals surface area contributed by atoms with Gasteiger partial charge in [-0.15, -0.1) is 0 Å². The number of halogens is 1. The highest BCUT2D eigenvalue weighted by Crippen LogP contribution is 2.27. The lowest BCUT2D eigenvalue weighted by molar-refractivity contribution is -0.140. The molecule has 98 valence electrons. The molecular formula is C15H14FNO2. The first-order chi connectivity index (χ1) is 9.13. The Bertz CT molecular complexity index is 641. The molecule has 0 saturated carbocycles. The molecule has 3 rings (SSSR count). The van der Waals surface area contributed by atoms with Crippen LogP contribution in [-0.2, 0) is 4.79 Å². The van der Waals surface area contributed by atoms with Crippen molar-refractivity contribution in [3.63, 3.8) is 0 Å². The fraction of sp³-hybridized carbons (Fsp3) is 0.267. The maximum atomic E-state index is 13.1. The Morgan fingerprint density at radius 3 is 2.68 bits per heavy atom. The minimum atomic E-state index is -0.731. The number of anilines is 1. The van der Waals surface area contributed by atoms with Gasteiger partial charge in [0.05, 0.1) is 5.92 Å². The van der Waals surface area contributed by atoms with Gasteiger partial charge in [0.25, 0.3) is 0 Å². The van der Waals surface area contributed by atoms with Crippen molar-refractivity contribution in [2.75, 3.05) is 18.0 Å². The molecule has 19 heavy (non-hydrogen) atoms. The Balaban J connectivity index is 1.90. The van der Waals surface area contributed by atoms with Crippen LogP contribution in [0, 0.1) is 11.7 Å². The van der Waals surface area contributed by atoms with Crippen molar-refractivity contribution in [2.24, 2.45) is 5.92 Å². The number of hydrogen-bond acceptors (Lipinski definition) is 2. The molecule has 1 aliphatic rings. The summed E-state index contributed by atoms with van der Waals surface area (Å²) in [6, 6.07) is 10.5. The second-order valence-electron chi connectivity index (χ2n) is 4.95. The number of carboxylic acids is 1. The normalized spacial score (nSPS) is 19.0. The van der Waals surface area contributed by atoms with Gasteiger partial charge in [0.15, 0.2) is 0 Å². The third-order valence-corrected chi connectivity index (χ3v) is 3.69. The zero-order valence-corrected chi connectivity index (χ0v) is 10.3. The van der Waals surface area contributed by atoms with Gasteiger partial charge < -0.3 is 10.0 Å². The van der Waals surface area contributed by atoms with Gasteiger partial charge in [-0.05, 0) is 41.5 Å². The number of carboxylic acid groups (broad SMARTS) is 1. The van der Waals surface area contributed by atoms with Crippen LogP contribution in [-0.4, -0.2) is 24.2 Å². The molecule has 0 amide bonds. The van der Waals surface area contributed by atoms with Crippen molar-refractivity contribution >= 4 is 22.4 Å². The molecule has 1 N–H and O–H groups in total. The van der Waals surface area contributed by atoms with Gasteiger partial charge in [0.2, 0.25) is 0 Å². The van der Waals surface area contributed by atoms with Crippen LogP contribution in [0.1, 0.15) is 6.42 Å². The molecule has 1 heterocycles. The summed E-state index contributed by atoms with van der Waals surface area (Å²) in [6.07, 6.45) is 0.677. The van der Waals surface area contributed by atoms with E-state index in [1.165, 1.54) is 12.1 Å². The van der Waals surface area contributed by atoms with Crippen LogP contribution in [0.2, 0.25) is 0 Å². The predicted octanol–water partition coefficient (Wildman–Crippen LogP) is 2.89. The van der Waals surface area contributed by atoms with E-state index in [1.54, 1.807) is 6.07 Å². The molecular weight excluding hydrogens is 245 g/mol. The van der Waals surface area contributed by atoms with Gasteiger partial charge in [-0.1, -0.05) is 12.1 Å². The molecule has 0 bridgehead atoms. The lowest BCUT2D eigenvalue weighted by Crippen LogP contribution is -2.22. The molecule has 1 fully saturated rings. The van der Waals surface area contributed by atoms with Crippen molar-refractivity contribution in [2.45, 2.75) is 6.42 Å². The molecule has 0 radical (unpaired) electrons. The van der Waals surface area contributed by atoms with Crippen molar-refractivity contribution in [3.8, 4) is 0 Å². The smallest absolute Gasteiger partial charge is 0.308 e. The van der Waals surface area contributed by atoms with Crippen molar-refractivity contribution in [1.82, 2.24) is 0 Å². The molecule has 2 aromatic rings. The number of aliphatic carboxylic acids is 1. The van der Waals surface area contributed by atoms with Crippen LogP contribution in [0.4, 0.5) is 10.1 Å². The number of rotatable bonds is 2. The highest BCUT2D eigenvalue weighted by molar-refractivity contribution is 5.86. The number of nitrogens with zero attached hydrogens (tertiary/aromatic N) is 1. The molecule has 1 unspecified atom stereocenters. The Kier molecular flexibility index (Phi) is 2.85. The summed E-state index contributed by atoms with van der Waals surface area (Å²) in [5.41, 5.74) is 1.00. The Hall–Kier alpha value is -2.10. The van der Waals surface area contributed by atoms with Crippen LogP contribution < -0.4 is 4.90 Å². The van der Waals surface area contributed by atoms with Crippen molar-refractivity contribution in [1.29, 1.82) is 0 Å². The first-order valence-electron chi connectivity index (χ1n) is 6.30. The molecule has 0 spiro atoms. The van der Waals surface area contributed by atoms with Crippen LogP contribution >= 0.6 is 0 Å². The molecule has 1 atom stereocenters. The van der Waals surface area contributed by atoms with E-state index in [0.29, 0.717) is 13.0 Å². The van der Waals surface area contributed by atoms with Crippen LogP contribution in [0.5, 0.6) is 0 Å². The Morgan fingerprint density at radius 1 is 1.21 bits per heavy atom. The second-order valence-corrected chi connectivity index (χ2v) is 4.95. The minimum Gasteiger partial charge on any atom is -0.481 e. The Labute approximate surface area is 110 Å². The lowest BCUT2D eigenvalue weighted by Gasteiger charge is -2.18. The van der Waals surface area contributed by atoms with E-state index in [2.05, 4.69) is 4.90 Å². The molecule has 4 heteroatoms. The van der Waals surface area contributed by atoms with Gasteiger partial charge in [0.1, 0.15) is 5.82 Å². The van der Waals surface area contributed by atoms with E-state index in [4.69, 9.17) is 5.11 Å². The fourth-order valence-corrected chi connectivity index (χ4v) is 2.60. The van der Waals surface area contributed by atoms with Gasteiger partial charge in [0, 0.05) is 18.8 Å². The molecule has 0 aromatic heterocycles. The van der Waals surface area contributed by atoms with E-state index in [9.17, 15) is 9.18 Å². The first kappa shape index (κ1) is 12.0.